The van der Waals surface area contributed by atoms with E-state index in [2.05, 4.69) is 48.4 Å². The van der Waals surface area contributed by atoms with Gasteiger partial charge in [0.1, 0.15) is 5.75 Å². The van der Waals surface area contributed by atoms with E-state index < -0.39 is 0 Å². The van der Waals surface area contributed by atoms with Crippen LogP contribution >= 0.6 is 11.3 Å². The Kier molecular flexibility index (Phi) is 4.63. The van der Waals surface area contributed by atoms with E-state index in [-0.39, 0.29) is 5.41 Å². The zero-order chi connectivity index (χ0) is 15.5. The van der Waals surface area contributed by atoms with Gasteiger partial charge >= 0.3 is 0 Å². The van der Waals surface area contributed by atoms with Gasteiger partial charge in [-0.1, -0.05) is 26.8 Å². The Bertz CT molecular complexity index is 641. The fraction of sp³-hybridized carbons (Fsp3) is 0.375. The Balaban J connectivity index is 2.16. The zero-order valence-corrected chi connectivity index (χ0v) is 13.9. The summed E-state index contributed by atoms with van der Waals surface area (Å²) in [5.74, 6) is 0.822. The summed E-state index contributed by atoms with van der Waals surface area (Å²) >= 11 is 1.53. The molecule has 1 N–H and O–H groups in total. The number of nitrogens with zero attached hydrogens (tertiary/aromatic N) is 2. The van der Waals surface area contributed by atoms with E-state index in [1.165, 1.54) is 16.9 Å². The predicted molar refractivity (Wildman–Crippen MR) is 89.8 cm³/mol. The van der Waals surface area contributed by atoms with Gasteiger partial charge in [-0.3, -0.25) is 5.43 Å². The highest BCUT2D eigenvalue weighted by atomic mass is 32.1. The molecule has 0 radical (unpaired) electrons. The molecular weight excluding hydrogens is 282 g/mol. The van der Waals surface area contributed by atoms with Crippen molar-refractivity contribution >= 4 is 22.7 Å². The van der Waals surface area contributed by atoms with Crippen molar-refractivity contribution in [1.29, 1.82) is 0 Å². The molecule has 0 aliphatic rings. The molecule has 0 fully saturated rings. The van der Waals surface area contributed by atoms with E-state index >= 15 is 0 Å². The molecule has 5 heteroatoms. The van der Waals surface area contributed by atoms with Gasteiger partial charge in [0, 0.05) is 10.9 Å². The van der Waals surface area contributed by atoms with Crippen LogP contribution in [0.5, 0.6) is 5.75 Å². The Morgan fingerprint density at radius 3 is 2.67 bits per heavy atom. The molecule has 1 heterocycles. The van der Waals surface area contributed by atoms with E-state index in [4.69, 9.17) is 4.74 Å². The number of hydrogen-bond donors (Lipinski definition) is 1. The van der Waals surface area contributed by atoms with Crippen LogP contribution in [0.25, 0.3) is 0 Å². The second kappa shape index (κ2) is 6.26. The summed E-state index contributed by atoms with van der Waals surface area (Å²) < 4.78 is 5.46. The van der Waals surface area contributed by atoms with Crippen LogP contribution in [-0.4, -0.2) is 18.3 Å². The van der Waals surface area contributed by atoms with E-state index in [0.29, 0.717) is 0 Å². The first-order valence-electron chi connectivity index (χ1n) is 6.80. The van der Waals surface area contributed by atoms with Gasteiger partial charge in [0.15, 0.2) is 0 Å². The molecule has 0 atom stereocenters. The standard InChI is InChI=1S/C16H21N3OS/c1-11-10-21-15(18-11)19-17-9-12-6-7-13(16(2,3)4)8-14(12)20-5/h6-10H,1-5H3,(H,18,19). The van der Waals surface area contributed by atoms with Crippen molar-refractivity contribution < 1.29 is 4.74 Å². The third-order valence-corrected chi connectivity index (χ3v) is 3.95. The molecule has 112 valence electrons. The van der Waals surface area contributed by atoms with Crippen LogP contribution < -0.4 is 10.2 Å². The molecule has 2 rings (SSSR count). The van der Waals surface area contributed by atoms with Crippen molar-refractivity contribution in [3.8, 4) is 5.75 Å². The largest absolute Gasteiger partial charge is 0.496 e. The maximum absolute atomic E-state index is 5.46. The molecule has 0 saturated carbocycles. The van der Waals surface area contributed by atoms with Crippen LogP contribution in [0.3, 0.4) is 0 Å². The quantitative estimate of drug-likeness (QED) is 0.680. The molecule has 0 bridgehead atoms. The lowest BCUT2D eigenvalue weighted by atomic mass is 9.86. The first-order valence-corrected chi connectivity index (χ1v) is 7.68. The van der Waals surface area contributed by atoms with Gasteiger partial charge in [-0.05, 0) is 30.0 Å². The van der Waals surface area contributed by atoms with E-state index in [0.717, 1.165) is 22.1 Å². The minimum Gasteiger partial charge on any atom is -0.496 e. The number of aryl methyl sites for hydroxylation is 1. The normalized spacial score (nSPS) is 11.9. The first-order chi connectivity index (χ1) is 9.90. The number of thiazole rings is 1. The Morgan fingerprint density at radius 1 is 1.33 bits per heavy atom. The summed E-state index contributed by atoms with van der Waals surface area (Å²) in [6.07, 6.45) is 1.75. The lowest BCUT2D eigenvalue weighted by Gasteiger charge is -2.20. The lowest BCUT2D eigenvalue weighted by Crippen LogP contribution is -2.11. The molecular formula is C16H21N3OS. The lowest BCUT2D eigenvalue weighted by molar-refractivity contribution is 0.412. The van der Waals surface area contributed by atoms with E-state index in [9.17, 15) is 0 Å². The number of methoxy groups -OCH3 is 1. The monoisotopic (exact) mass is 303 g/mol. The van der Waals surface area contributed by atoms with Crippen molar-refractivity contribution in [2.24, 2.45) is 5.10 Å². The number of nitrogens with one attached hydrogen (secondary N) is 1. The van der Waals surface area contributed by atoms with Crippen LogP contribution in [-0.2, 0) is 5.41 Å². The molecule has 0 spiro atoms. The number of rotatable bonds is 4. The number of hydrazone groups is 1. The molecule has 1 aromatic heterocycles. The Labute approximate surface area is 129 Å². The van der Waals surface area contributed by atoms with Gasteiger partial charge in [-0.25, -0.2) is 4.98 Å². The highest BCUT2D eigenvalue weighted by molar-refractivity contribution is 7.13. The minimum absolute atomic E-state index is 0.0968. The highest BCUT2D eigenvalue weighted by Crippen LogP contribution is 2.27. The van der Waals surface area contributed by atoms with Crippen LogP contribution in [0, 0.1) is 6.92 Å². The number of benzene rings is 1. The molecule has 0 aliphatic heterocycles. The smallest absolute Gasteiger partial charge is 0.203 e. The highest BCUT2D eigenvalue weighted by Gasteiger charge is 2.15. The average Bonchev–Trinajstić information content (AvgIpc) is 2.83. The van der Waals surface area contributed by atoms with Gasteiger partial charge in [-0.2, -0.15) is 5.10 Å². The molecule has 0 amide bonds. The molecule has 21 heavy (non-hydrogen) atoms. The molecule has 1 aromatic carbocycles. The van der Waals surface area contributed by atoms with Crippen LogP contribution in [0.1, 0.15) is 37.6 Å². The number of aromatic nitrogens is 1. The minimum atomic E-state index is 0.0968. The average molecular weight is 303 g/mol. The SMILES string of the molecule is COc1cc(C(C)(C)C)ccc1C=NNc1nc(C)cs1. The summed E-state index contributed by atoms with van der Waals surface area (Å²) in [4.78, 5) is 4.29. The fourth-order valence-corrected chi connectivity index (χ4v) is 2.48. The van der Waals surface area contributed by atoms with Crippen molar-refractivity contribution in [1.82, 2.24) is 4.98 Å². The topological polar surface area (TPSA) is 46.5 Å². The van der Waals surface area contributed by atoms with Gasteiger partial charge in [0.2, 0.25) is 5.13 Å². The molecule has 4 nitrogen and oxygen atoms in total. The maximum atomic E-state index is 5.46. The van der Waals surface area contributed by atoms with Gasteiger partial charge in [-0.15, -0.1) is 11.3 Å². The summed E-state index contributed by atoms with van der Waals surface area (Å²) in [5, 5.41) is 6.99. The molecule has 0 saturated heterocycles. The van der Waals surface area contributed by atoms with Crippen molar-refractivity contribution in [3.63, 3.8) is 0 Å². The number of hydrogen-bond acceptors (Lipinski definition) is 5. The Morgan fingerprint density at radius 2 is 2.10 bits per heavy atom. The Hall–Kier alpha value is -1.88. The van der Waals surface area contributed by atoms with Gasteiger partial charge < -0.3 is 4.74 Å². The van der Waals surface area contributed by atoms with Gasteiger partial charge in [0.05, 0.1) is 19.0 Å². The zero-order valence-electron chi connectivity index (χ0n) is 13.1. The maximum Gasteiger partial charge on any atom is 0.203 e. The van der Waals surface area contributed by atoms with Gasteiger partial charge in [0.25, 0.3) is 0 Å². The number of ether oxygens (including phenoxy) is 1. The molecule has 0 unspecified atom stereocenters. The summed E-state index contributed by atoms with van der Waals surface area (Å²) in [6, 6.07) is 6.20. The second-order valence-electron chi connectivity index (χ2n) is 5.87. The van der Waals surface area contributed by atoms with Crippen LogP contribution in [0.4, 0.5) is 5.13 Å². The first kappa shape index (κ1) is 15.5. The third kappa shape index (κ3) is 4.04. The second-order valence-corrected chi connectivity index (χ2v) is 6.73. The predicted octanol–water partition coefficient (Wildman–Crippen LogP) is 4.20. The van der Waals surface area contributed by atoms with Crippen molar-refractivity contribution in [3.05, 3.63) is 40.4 Å². The van der Waals surface area contributed by atoms with Crippen LogP contribution in [0.15, 0.2) is 28.7 Å². The summed E-state index contributed by atoms with van der Waals surface area (Å²) in [7, 11) is 1.68. The molecule has 0 aliphatic carbocycles. The number of anilines is 1. The van der Waals surface area contributed by atoms with E-state index in [1.54, 1.807) is 13.3 Å². The molecule has 2 aromatic rings. The van der Waals surface area contributed by atoms with E-state index in [1.807, 2.05) is 18.4 Å². The van der Waals surface area contributed by atoms with Crippen molar-refractivity contribution in [2.75, 3.05) is 12.5 Å². The van der Waals surface area contributed by atoms with Crippen molar-refractivity contribution in [2.45, 2.75) is 33.1 Å². The fourth-order valence-electron chi connectivity index (χ4n) is 1.85. The van der Waals surface area contributed by atoms with Crippen LogP contribution in [0.2, 0.25) is 0 Å². The third-order valence-electron chi connectivity index (χ3n) is 3.08. The summed E-state index contributed by atoms with van der Waals surface area (Å²) in [6.45, 7) is 8.51. The summed E-state index contributed by atoms with van der Waals surface area (Å²) in [5.41, 5.74) is 6.19.